The first-order chi connectivity index (χ1) is 8.76. The van der Waals surface area contributed by atoms with Gasteiger partial charge in [0.2, 0.25) is 5.91 Å². The van der Waals surface area contributed by atoms with Crippen LogP contribution in [-0.2, 0) is 16.0 Å². The SMILES string of the molecule is CCc1cc(NC(=O)CC(C)(C)C(=O)O)ccc1C. The van der Waals surface area contributed by atoms with Crippen LogP contribution >= 0.6 is 0 Å². The second kappa shape index (κ2) is 5.87. The monoisotopic (exact) mass is 263 g/mol. The number of rotatable bonds is 5. The van der Waals surface area contributed by atoms with E-state index in [0.29, 0.717) is 5.69 Å². The molecule has 0 radical (unpaired) electrons. The summed E-state index contributed by atoms with van der Waals surface area (Å²) in [7, 11) is 0. The van der Waals surface area contributed by atoms with E-state index in [4.69, 9.17) is 5.11 Å². The van der Waals surface area contributed by atoms with Crippen LogP contribution in [0, 0.1) is 12.3 Å². The molecule has 0 aromatic heterocycles. The van der Waals surface area contributed by atoms with E-state index < -0.39 is 11.4 Å². The zero-order valence-electron chi connectivity index (χ0n) is 11.9. The second-order valence-corrected chi connectivity index (χ2v) is 5.41. The molecule has 0 saturated heterocycles. The molecule has 4 nitrogen and oxygen atoms in total. The molecule has 1 aromatic rings. The van der Waals surface area contributed by atoms with Crippen molar-refractivity contribution in [1.82, 2.24) is 0 Å². The number of benzene rings is 1. The molecule has 0 aliphatic rings. The summed E-state index contributed by atoms with van der Waals surface area (Å²) in [4.78, 5) is 22.8. The van der Waals surface area contributed by atoms with Gasteiger partial charge in [0.25, 0.3) is 0 Å². The molecular weight excluding hydrogens is 242 g/mol. The van der Waals surface area contributed by atoms with Gasteiger partial charge in [-0.3, -0.25) is 9.59 Å². The molecule has 1 amide bonds. The van der Waals surface area contributed by atoms with Crippen LogP contribution in [0.4, 0.5) is 5.69 Å². The molecule has 0 aliphatic heterocycles. The van der Waals surface area contributed by atoms with Crippen molar-refractivity contribution in [1.29, 1.82) is 0 Å². The fourth-order valence-corrected chi connectivity index (χ4v) is 1.81. The van der Waals surface area contributed by atoms with Gasteiger partial charge in [0.15, 0.2) is 0 Å². The Balaban J connectivity index is 2.75. The number of carbonyl (C=O) groups is 2. The number of anilines is 1. The Morgan fingerprint density at radius 2 is 1.95 bits per heavy atom. The van der Waals surface area contributed by atoms with Crippen molar-refractivity contribution in [3.05, 3.63) is 29.3 Å². The van der Waals surface area contributed by atoms with Gasteiger partial charge in [0.1, 0.15) is 0 Å². The Labute approximate surface area is 113 Å². The summed E-state index contributed by atoms with van der Waals surface area (Å²) in [6, 6.07) is 5.72. The van der Waals surface area contributed by atoms with E-state index in [1.165, 1.54) is 11.1 Å². The van der Waals surface area contributed by atoms with Crippen LogP contribution < -0.4 is 5.32 Å². The molecule has 2 N–H and O–H groups in total. The highest BCUT2D eigenvalue weighted by atomic mass is 16.4. The predicted octanol–water partition coefficient (Wildman–Crippen LogP) is 3.00. The zero-order chi connectivity index (χ0) is 14.6. The fourth-order valence-electron chi connectivity index (χ4n) is 1.81. The van der Waals surface area contributed by atoms with Crippen LogP contribution in [-0.4, -0.2) is 17.0 Å². The Morgan fingerprint density at radius 1 is 1.32 bits per heavy atom. The number of carbonyl (C=O) groups excluding carboxylic acids is 1. The number of carboxylic acid groups (broad SMARTS) is 1. The van der Waals surface area contributed by atoms with Crippen molar-refractivity contribution in [3.8, 4) is 0 Å². The number of amides is 1. The minimum absolute atomic E-state index is 0.0440. The number of hydrogen-bond donors (Lipinski definition) is 2. The van der Waals surface area contributed by atoms with Gasteiger partial charge in [-0.25, -0.2) is 0 Å². The van der Waals surface area contributed by atoms with E-state index >= 15 is 0 Å². The van der Waals surface area contributed by atoms with Crippen LogP contribution in [0.15, 0.2) is 18.2 Å². The van der Waals surface area contributed by atoms with E-state index in [2.05, 4.69) is 12.2 Å². The van der Waals surface area contributed by atoms with Gasteiger partial charge < -0.3 is 10.4 Å². The number of hydrogen-bond acceptors (Lipinski definition) is 2. The van der Waals surface area contributed by atoms with Gasteiger partial charge in [-0.05, 0) is 50.5 Å². The predicted molar refractivity (Wildman–Crippen MR) is 75.2 cm³/mol. The molecule has 0 spiro atoms. The first-order valence-electron chi connectivity index (χ1n) is 6.39. The topological polar surface area (TPSA) is 66.4 Å². The van der Waals surface area contributed by atoms with Gasteiger partial charge >= 0.3 is 5.97 Å². The number of nitrogens with one attached hydrogen (secondary N) is 1. The largest absolute Gasteiger partial charge is 0.481 e. The third kappa shape index (κ3) is 4.09. The van der Waals surface area contributed by atoms with Crippen LogP contribution in [0.25, 0.3) is 0 Å². The average molecular weight is 263 g/mol. The first-order valence-corrected chi connectivity index (χ1v) is 6.39. The van der Waals surface area contributed by atoms with Crippen LogP contribution in [0.1, 0.15) is 38.3 Å². The summed E-state index contributed by atoms with van der Waals surface area (Å²) >= 11 is 0. The molecule has 0 bridgehead atoms. The summed E-state index contributed by atoms with van der Waals surface area (Å²) in [6.07, 6.45) is 0.855. The molecule has 0 unspecified atom stereocenters. The van der Waals surface area contributed by atoms with Crippen molar-refractivity contribution in [2.45, 2.75) is 40.5 Å². The molecule has 4 heteroatoms. The summed E-state index contributed by atoms with van der Waals surface area (Å²) in [5.74, 6) is -1.25. The van der Waals surface area contributed by atoms with E-state index in [0.717, 1.165) is 6.42 Å². The minimum atomic E-state index is -1.05. The molecule has 19 heavy (non-hydrogen) atoms. The molecule has 0 aliphatic carbocycles. The fraction of sp³-hybridized carbons (Fsp3) is 0.467. The van der Waals surface area contributed by atoms with Crippen LogP contribution in [0.3, 0.4) is 0 Å². The van der Waals surface area contributed by atoms with E-state index in [-0.39, 0.29) is 12.3 Å². The number of aryl methyl sites for hydroxylation is 2. The molecule has 0 fully saturated rings. The van der Waals surface area contributed by atoms with Gasteiger partial charge in [-0.2, -0.15) is 0 Å². The standard InChI is InChI=1S/C15H21NO3/c1-5-11-8-12(7-6-10(11)2)16-13(17)9-15(3,4)14(18)19/h6-8H,5,9H2,1-4H3,(H,16,17)(H,18,19). The Hall–Kier alpha value is -1.84. The Morgan fingerprint density at radius 3 is 2.47 bits per heavy atom. The summed E-state index contributed by atoms with van der Waals surface area (Å²) < 4.78 is 0. The van der Waals surface area contributed by atoms with E-state index in [1.807, 2.05) is 25.1 Å². The third-order valence-corrected chi connectivity index (χ3v) is 3.20. The quantitative estimate of drug-likeness (QED) is 0.858. The van der Waals surface area contributed by atoms with E-state index in [9.17, 15) is 9.59 Å². The highest BCUT2D eigenvalue weighted by Gasteiger charge is 2.30. The lowest BCUT2D eigenvalue weighted by Crippen LogP contribution is -2.29. The molecule has 0 heterocycles. The molecule has 0 atom stereocenters. The molecule has 1 rings (SSSR count). The minimum Gasteiger partial charge on any atom is -0.481 e. The molecule has 1 aromatic carbocycles. The first kappa shape index (κ1) is 15.2. The van der Waals surface area contributed by atoms with Crippen LogP contribution in [0.2, 0.25) is 0 Å². The third-order valence-electron chi connectivity index (χ3n) is 3.20. The Kier molecular flexibility index (Phi) is 4.70. The zero-order valence-corrected chi connectivity index (χ0v) is 11.9. The highest BCUT2D eigenvalue weighted by molar-refractivity contribution is 5.94. The molecular formula is C15H21NO3. The van der Waals surface area contributed by atoms with Gasteiger partial charge in [0.05, 0.1) is 5.41 Å². The highest BCUT2D eigenvalue weighted by Crippen LogP contribution is 2.22. The van der Waals surface area contributed by atoms with Crippen molar-refractivity contribution < 1.29 is 14.7 Å². The van der Waals surface area contributed by atoms with Crippen molar-refractivity contribution >= 4 is 17.6 Å². The maximum atomic E-state index is 11.8. The van der Waals surface area contributed by atoms with Gasteiger partial charge in [-0.1, -0.05) is 13.0 Å². The Bertz CT molecular complexity index is 492. The lowest BCUT2D eigenvalue weighted by molar-refractivity contribution is -0.148. The number of carboxylic acids is 1. The lowest BCUT2D eigenvalue weighted by atomic mass is 9.89. The average Bonchev–Trinajstić information content (AvgIpc) is 2.30. The summed E-state index contributed by atoms with van der Waals surface area (Å²) in [6.45, 7) is 7.17. The van der Waals surface area contributed by atoms with Gasteiger partial charge in [-0.15, -0.1) is 0 Å². The van der Waals surface area contributed by atoms with E-state index in [1.54, 1.807) is 13.8 Å². The smallest absolute Gasteiger partial charge is 0.309 e. The van der Waals surface area contributed by atoms with Crippen LogP contribution in [0.5, 0.6) is 0 Å². The molecule has 104 valence electrons. The normalized spacial score (nSPS) is 11.2. The summed E-state index contributed by atoms with van der Waals surface area (Å²) in [5.41, 5.74) is 2.03. The number of aliphatic carboxylic acids is 1. The molecule has 0 saturated carbocycles. The van der Waals surface area contributed by atoms with Crippen molar-refractivity contribution in [3.63, 3.8) is 0 Å². The maximum Gasteiger partial charge on any atom is 0.309 e. The van der Waals surface area contributed by atoms with Crippen molar-refractivity contribution in [2.24, 2.45) is 5.41 Å². The lowest BCUT2D eigenvalue weighted by Gasteiger charge is -2.18. The maximum absolute atomic E-state index is 11.8. The van der Waals surface area contributed by atoms with Crippen molar-refractivity contribution in [2.75, 3.05) is 5.32 Å². The second-order valence-electron chi connectivity index (χ2n) is 5.41. The summed E-state index contributed by atoms with van der Waals surface area (Å²) in [5, 5.41) is 11.7. The van der Waals surface area contributed by atoms with Gasteiger partial charge in [0, 0.05) is 12.1 Å².